The van der Waals surface area contributed by atoms with Gasteiger partial charge in [-0.3, -0.25) is 0 Å². The van der Waals surface area contributed by atoms with E-state index in [-0.39, 0.29) is 30.4 Å². The van der Waals surface area contributed by atoms with E-state index in [9.17, 15) is 10.1 Å². The third-order valence-corrected chi connectivity index (χ3v) is 7.05. The average Bonchev–Trinajstić information content (AvgIpc) is 2.95. The minimum atomic E-state index is -0.601. The molecule has 0 radical (unpaired) electrons. The van der Waals surface area contributed by atoms with E-state index in [1.165, 1.54) is 0 Å². The van der Waals surface area contributed by atoms with Crippen molar-refractivity contribution in [3.8, 4) is 29.1 Å². The van der Waals surface area contributed by atoms with Crippen LogP contribution in [0.4, 0.5) is 0 Å². The van der Waals surface area contributed by atoms with E-state index < -0.39 is 11.9 Å². The van der Waals surface area contributed by atoms with Crippen LogP contribution in [0.1, 0.15) is 28.2 Å². The molecule has 0 bridgehead atoms. The molecule has 0 aliphatic carbocycles. The number of nitrogens with two attached hydrogens (primary N) is 1. The van der Waals surface area contributed by atoms with E-state index in [0.29, 0.717) is 32.9 Å². The van der Waals surface area contributed by atoms with Gasteiger partial charge in [-0.05, 0) is 60.5 Å². The summed E-state index contributed by atoms with van der Waals surface area (Å²) in [5, 5.41) is 11.1. The number of benzene rings is 4. The zero-order chi connectivity index (χ0) is 28.9. The SMILES string of the molecule is Cc1cc(Cl)ccc1OCC(=O)Oc1ccc2c(c1)OC(N)=C(C#N)C2c1cccc(OCc2ccccc2Cl)c1. The van der Waals surface area contributed by atoms with Gasteiger partial charge in [0.2, 0.25) is 5.88 Å². The lowest BCUT2D eigenvalue weighted by Gasteiger charge is -2.27. The highest BCUT2D eigenvalue weighted by Crippen LogP contribution is 2.44. The van der Waals surface area contributed by atoms with E-state index in [1.807, 2.05) is 55.5 Å². The molecule has 1 aliphatic rings. The molecule has 1 atom stereocenters. The number of nitrogens with zero attached hydrogens (tertiary/aromatic N) is 1. The van der Waals surface area contributed by atoms with Crippen LogP contribution < -0.4 is 24.7 Å². The topological polar surface area (TPSA) is 104 Å². The minimum Gasteiger partial charge on any atom is -0.489 e. The molecule has 1 aliphatic heterocycles. The van der Waals surface area contributed by atoms with Crippen molar-refractivity contribution in [2.24, 2.45) is 5.73 Å². The van der Waals surface area contributed by atoms with Gasteiger partial charge in [0.15, 0.2) is 6.61 Å². The lowest BCUT2D eigenvalue weighted by Crippen LogP contribution is -2.22. The maximum Gasteiger partial charge on any atom is 0.349 e. The summed E-state index contributed by atoms with van der Waals surface area (Å²) in [4.78, 5) is 12.5. The van der Waals surface area contributed by atoms with E-state index >= 15 is 0 Å². The Morgan fingerprint density at radius 1 is 0.976 bits per heavy atom. The molecule has 4 aromatic carbocycles. The number of fused-ring (bicyclic) bond motifs is 1. The van der Waals surface area contributed by atoms with Gasteiger partial charge in [0.05, 0.1) is 5.92 Å². The van der Waals surface area contributed by atoms with Crippen LogP contribution in [-0.4, -0.2) is 12.6 Å². The lowest BCUT2D eigenvalue weighted by molar-refractivity contribution is -0.136. The molecule has 206 valence electrons. The Morgan fingerprint density at radius 3 is 2.59 bits per heavy atom. The van der Waals surface area contributed by atoms with Crippen LogP contribution in [0.2, 0.25) is 10.0 Å². The Labute approximate surface area is 247 Å². The van der Waals surface area contributed by atoms with Gasteiger partial charge < -0.3 is 24.7 Å². The first kappa shape index (κ1) is 27.9. The Kier molecular flexibility index (Phi) is 8.34. The first-order valence-electron chi connectivity index (χ1n) is 12.6. The number of rotatable bonds is 8. The number of carbonyl (C=O) groups excluding carboxylic acids is 1. The van der Waals surface area contributed by atoms with Crippen LogP contribution in [0.15, 0.2) is 96.4 Å². The molecule has 5 rings (SSSR count). The number of halogens is 2. The fourth-order valence-electron chi connectivity index (χ4n) is 4.47. The largest absolute Gasteiger partial charge is 0.489 e. The van der Waals surface area contributed by atoms with Gasteiger partial charge >= 0.3 is 5.97 Å². The van der Waals surface area contributed by atoms with Crippen LogP contribution >= 0.6 is 23.2 Å². The fourth-order valence-corrected chi connectivity index (χ4v) is 4.89. The quantitative estimate of drug-likeness (QED) is 0.174. The molecule has 9 heteroatoms. The first-order valence-corrected chi connectivity index (χ1v) is 13.4. The maximum absolute atomic E-state index is 12.5. The summed E-state index contributed by atoms with van der Waals surface area (Å²) in [7, 11) is 0. The second kappa shape index (κ2) is 12.3. The lowest BCUT2D eigenvalue weighted by atomic mass is 9.83. The van der Waals surface area contributed by atoms with Crippen LogP contribution in [0.25, 0.3) is 0 Å². The molecule has 0 spiro atoms. The van der Waals surface area contributed by atoms with Gasteiger partial charge in [-0.1, -0.05) is 59.6 Å². The molecule has 0 amide bonds. The van der Waals surface area contributed by atoms with Crippen molar-refractivity contribution in [3.63, 3.8) is 0 Å². The van der Waals surface area contributed by atoms with Crippen molar-refractivity contribution in [2.45, 2.75) is 19.4 Å². The highest BCUT2D eigenvalue weighted by Gasteiger charge is 2.31. The zero-order valence-corrected chi connectivity index (χ0v) is 23.4. The molecule has 0 saturated carbocycles. The van der Waals surface area contributed by atoms with E-state index in [4.69, 9.17) is 47.9 Å². The summed E-state index contributed by atoms with van der Waals surface area (Å²) in [6.45, 7) is 1.81. The van der Waals surface area contributed by atoms with Crippen LogP contribution in [0.3, 0.4) is 0 Å². The third kappa shape index (κ3) is 6.41. The van der Waals surface area contributed by atoms with Gasteiger partial charge in [-0.2, -0.15) is 5.26 Å². The first-order chi connectivity index (χ1) is 19.8. The average molecular weight is 587 g/mol. The number of allylic oxidation sites excluding steroid dienone is 1. The number of nitriles is 1. The van der Waals surface area contributed by atoms with Gasteiger partial charge in [0.1, 0.15) is 41.2 Å². The van der Waals surface area contributed by atoms with Gasteiger partial charge in [0.25, 0.3) is 0 Å². The molecule has 4 aromatic rings. The van der Waals surface area contributed by atoms with E-state index in [0.717, 1.165) is 16.7 Å². The maximum atomic E-state index is 12.5. The molecule has 0 saturated heterocycles. The van der Waals surface area contributed by atoms with Crippen LogP contribution in [-0.2, 0) is 11.4 Å². The minimum absolute atomic E-state index is 0.0302. The van der Waals surface area contributed by atoms with Crippen LogP contribution in [0, 0.1) is 18.3 Å². The molecular formula is C32H24Cl2N2O5. The molecule has 7 nitrogen and oxygen atoms in total. The van der Waals surface area contributed by atoms with Gasteiger partial charge in [-0.25, -0.2) is 4.79 Å². The fraction of sp³-hybridized carbons (Fsp3) is 0.125. The molecule has 41 heavy (non-hydrogen) atoms. The van der Waals surface area contributed by atoms with Crippen LogP contribution in [0.5, 0.6) is 23.0 Å². The standard InChI is InChI=1S/C32H24Cl2N2O5/c1-19-13-22(33)9-12-28(19)39-18-30(37)40-24-10-11-25-29(15-24)41-32(36)26(16-35)31(25)20-6-4-7-23(14-20)38-17-21-5-2-3-8-27(21)34/h2-15,31H,17-18,36H2,1H3. The molecule has 0 fully saturated rings. The summed E-state index contributed by atoms with van der Waals surface area (Å²) < 4.78 is 22.8. The summed E-state index contributed by atoms with van der Waals surface area (Å²) >= 11 is 12.2. The Morgan fingerprint density at radius 2 is 1.80 bits per heavy atom. The second-order valence-electron chi connectivity index (χ2n) is 9.25. The van der Waals surface area contributed by atoms with E-state index in [2.05, 4.69) is 6.07 Å². The second-order valence-corrected chi connectivity index (χ2v) is 10.1. The van der Waals surface area contributed by atoms with Crippen molar-refractivity contribution < 1.29 is 23.7 Å². The number of esters is 1. The summed E-state index contributed by atoms with van der Waals surface area (Å²) in [5.41, 5.74) is 9.54. The van der Waals surface area contributed by atoms with Crippen molar-refractivity contribution >= 4 is 29.2 Å². The number of hydrogen-bond acceptors (Lipinski definition) is 7. The predicted octanol–water partition coefficient (Wildman–Crippen LogP) is 7.08. The number of aryl methyl sites for hydroxylation is 1. The van der Waals surface area contributed by atoms with Crippen molar-refractivity contribution in [2.75, 3.05) is 6.61 Å². The summed E-state index contributed by atoms with van der Waals surface area (Å²) in [5.74, 6) is 0.598. The van der Waals surface area contributed by atoms with Gasteiger partial charge in [-0.15, -0.1) is 0 Å². The van der Waals surface area contributed by atoms with Crippen molar-refractivity contribution in [3.05, 3.63) is 129 Å². The number of ether oxygens (including phenoxy) is 4. The zero-order valence-electron chi connectivity index (χ0n) is 21.9. The molecule has 0 aromatic heterocycles. The number of carbonyl (C=O) groups is 1. The summed E-state index contributed by atoms with van der Waals surface area (Å²) in [6.07, 6.45) is 0. The highest BCUT2D eigenvalue weighted by molar-refractivity contribution is 6.31. The molecular weight excluding hydrogens is 563 g/mol. The Balaban J connectivity index is 1.34. The van der Waals surface area contributed by atoms with E-state index in [1.54, 1.807) is 36.4 Å². The third-order valence-electron chi connectivity index (χ3n) is 6.45. The smallest absolute Gasteiger partial charge is 0.349 e. The Hall–Kier alpha value is -4.64. The normalized spacial score (nSPS) is 14.0. The molecule has 1 unspecified atom stereocenters. The highest BCUT2D eigenvalue weighted by atomic mass is 35.5. The van der Waals surface area contributed by atoms with Gasteiger partial charge in [0, 0.05) is 27.2 Å². The van der Waals surface area contributed by atoms with Crippen molar-refractivity contribution in [1.29, 1.82) is 5.26 Å². The predicted molar refractivity (Wildman–Crippen MR) is 155 cm³/mol. The monoisotopic (exact) mass is 586 g/mol. The van der Waals surface area contributed by atoms with Crippen molar-refractivity contribution in [1.82, 2.24) is 0 Å². The molecule has 2 N–H and O–H groups in total. The summed E-state index contributed by atoms with van der Waals surface area (Å²) in [6, 6.07) is 27.1. The molecule has 1 heterocycles. The Bertz CT molecular complexity index is 1700. The number of hydrogen-bond donors (Lipinski definition) is 1.